The molecule has 2 rings (SSSR count). The Morgan fingerprint density at radius 3 is 2.82 bits per heavy atom. The molecule has 89 valence electrons. The standard InChI is InChI=1S/C14H12N.ClH.Os/c1-2-6-12-7-5-8-13(11-12)14-9-3-4-10-15-14;;/h2-5,7,9-11H,1,6H2;1H;/q-1;;+1/p-1. The summed E-state index contributed by atoms with van der Waals surface area (Å²) in [6.45, 7) is 3.73. The van der Waals surface area contributed by atoms with E-state index in [1.165, 1.54) is 23.2 Å². The van der Waals surface area contributed by atoms with Crippen molar-refractivity contribution in [2.45, 2.75) is 6.42 Å². The third-order valence-corrected chi connectivity index (χ3v) is 2.19. The van der Waals surface area contributed by atoms with Crippen LogP contribution >= 0.6 is 9.64 Å². The fourth-order valence-electron chi connectivity index (χ4n) is 1.48. The Hall–Kier alpha value is -0.964. The Morgan fingerprint density at radius 2 is 2.18 bits per heavy atom. The van der Waals surface area contributed by atoms with Crippen molar-refractivity contribution >= 4 is 9.64 Å². The molecule has 0 aliphatic rings. The van der Waals surface area contributed by atoms with Crippen LogP contribution in [-0.4, -0.2) is 4.98 Å². The van der Waals surface area contributed by atoms with Crippen molar-refractivity contribution in [2.24, 2.45) is 0 Å². The van der Waals surface area contributed by atoms with E-state index in [-0.39, 0.29) is 0 Å². The van der Waals surface area contributed by atoms with Gasteiger partial charge in [-0.2, -0.15) is 0 Å². The van der Waals surface area contributed by atoms with Crippen LogP contribution < -0.4 is 0 Å². The molecule has 0 atom stereocenters. The van der Waals surface area contributed by atoms with Crippen LogP contribution in [0.4, 0.5) is 0 Å². The fourth-order valence-corrected chi connectivity index (χ4v) is 1.48. The summed E-state index contributed by atoms with van der Waals surface area (Å²) in [5.74, 6) is 0. The molecule has 2 aromatic rings. The Morgan fingerprint density at radius 1 is 1.35 bits per heavy atom. The molecule has 0 radical (unpaired) electrons. The summed E-state index contributed by atoms with van der Waals surface area (Å²) in [6, 6.07) is 15.2. The molecule has 1 aromatic heterocycles. The number of nitrogens with zero attached hydrogens (tertiary/aromatic N) is 1. The predicted octanol–water partition coefficient (Wildman–Crippen LogP) is 3.96. The zero-order valence-electron chi connectivity index (χ0n) is 9.21. The predicted molar refractivity (Wildman–Crippen MR) is 68.3 cm³/mol. The van der Waals surface area contributed by atoms with Gasteiger partial charge in [0.25, 0.3) is 0 Å². The Kier molecular flexibility index (Phi) is 6.78. The van der Waals surface area contributed by atoms with E-state index in [2.05, 4.69) is 33.3 Å². The molecule has 0 fully saturated rings. The molecular formula is C14H12ClNOs-. The quantitative estimate of drug-likeness (QED) is 0.542. The Labute approximate surface area is 116 Å². The zero-order chi connectivity index (χ0) is 12.5. The molecule has 0 saturated heterocycles. The van der Waals surface area contributed by atoms with Crippen molar-refractivity contribution in [2.75, 3.05) is 0 Å². The molecule has 1 heterocycles. The van der Waals surface area contributed by atoms with Crippen molar-refractivity contribution in [3.63, 3.8) is 0 Å². The second kappa shape index (κ2) is 8.17. The van der Waals surface area contributed by atoms with Crippen LogP contribution in [0.5, 0.6) is 0 Å². The molecule has 3 heteroatoms. The number of hydrogen-bond donors (Lipinski definition) is 0. The molecule has 0 unspecified atom stereocenters. The molecule has 0 spiro atoms. The van der Waals surface area contributed by atoms with Gasteiger partial charge in [-0.05, 0) is 18.2 Å². The van der Waals surface area contributed by atoms with Crippen molar-refractivity contribution in [3.8, 4) is 11.3 Å². The first-order valence-electron chi connectivity index (χ1n) is 5.06. The second-order valence-corrected chi connectivity index (χ2v) is 3.32. The van der Waals surface area contributed by atoms with E-state index in [4.69, 9.17) is 0 Å². The van der Waals surface area contributed by atoms with Crippen LogP contribution in [-0.2, 0) is 24.0 Å². The van der Waals surface area contributed by atoms with Gasteiger partial charge in [0.05, 0.1) is 0 Å². The number of halogens is 1. The molecule has 17 heavy (non-hydrogen) atoms. The van der Waals surface area contributed by atoms with Crippen LogP contribution in [0.25, 0.3) is 11.3 Å². The van der Waals surface area contributed by atoms with Gasteiger partial charge in [-0.25, -0.2) is 0 Å². The molecule has 0 N–H and O–H groups in total. The summed E-state index contributed by atoms with van der Waals surface area (Å²) in [6.07, 6.45) is 4.58. The Bertz CT molecular complexity index is 457. The summed E-state index contributed by atoms with van der Waals surface area (Å²) in [5, 5.41) is 0. The van der Waals surface area contributed by atoms with Crippen molar-refractivity contribution < 1.29 is 17.6 Å². The van der Waals surface area contributed by atoms with E-state index in [0.29, 0.717) is 0 Å². The summed E-state index contributed by atoms with van der Waals surface area (Å²) < 4.78 is 0. The molecule has 0 amide bonds. The summed E-state index contributed by atoms with van der Waals surface area (Å²) in [4.78, 5) is 4.29. The van der Waals surface area contributed by atoms with Crippen LogP contribution in [0, 0.1) is 6.07 Å². The number of benzene rings is 1. The van der Waals surface area contributed by atoms with Gasteiger partial charge >= 0.3 is 27.2 Å². The normalized spacial score (nSPS) is 9.06. The van der Waals surface area contributed by atoms with Gasteiger partial charge in [0.15, 0.2) is 0 Å². The number of aromatic nitrogens is 1. The zero-order valence-corrected chi connectivity index (χ0v) is 12.5. The van der Waals surface area contributed by atoms with Crippen molar-refractivity contribution in [1.82, 2.24) is 4.98 Å². The molecular weight excluding hydrogens is 408 g/mol. The van der Waals surface area contributed by atoms with Gasteiger partial charge in [-0.3, -0.25) is 0 Å². The molecule has 0 saturated carbocycles. The van der Waals surface area contributed by atoms with Crippen LogP contribution in [0.2, 0.25) is 0 Å². The summed E-state index contributed by atoms with van der Waals surface area (Å²) in [7, 11) is 4.67. The topological polar surface area (TPSA) is 12.9 Å². The Balaban J connectivity index is 0.000000686. The summed E-state index contributed by atoms with van der Waals surface area (Å²) in [5.41, 5.74) is 3.24. The first-order valence-corrected chi connectivity index (χ1v) is 8.21. The van der Waals surface area contributed by atoms with E-state index >= 15 is 0 Å². The molecule has 0 bridgehead atoms. The average Bonchev–Trinajstić information content (AvgIpc) is 2.43. The molecule has 0 aliphatic carbocycles. The van der Waals surface area contributed by atoms with Crippen molar-refractivity contribution in [3.05, 3.63) is 66.9 Å². The van der Waals surface area contributed by atoms with E-state index in [9.17, 15) is 0 Å². The number of allylic oxidation sites excluding steroid dienone is 1. The minimum absolute atomic E-state index is 0.883. The SMILES string of the molecule is C=CCc1cc[c-]c(-c2ccccn2)c1.[Cl][Os]. The molecule has 0 aliphatic heterocycles. The van der Waals surface area contributed by atoms with Gasteiger partial charge in [-0.15, -0.1) is 42.0 Å². The molecule has 1 aromatic carbocycles. The maximum atomic E-state index is 4.67. The average molecular weight is 420 g/mol. The third-order valence-electron chi connectivity index (χ3n) is 2.19. The molecule has 1 nitrogen and oxygen atoms in total. The van der Waals surface area contributed by atoms with E-state index in [1.807, 2.05) is 36.4 Å². The second-order valence-electron chi connectivity index (χ2n) is 3.32. The van der Waals surface area contributed by atoms with Crippen LogP contribution in [0.15, 0.2) is 55.3 Å². The van der Waals surface area contributed by atoms with Gasteiger partial charge in [-0.1, -0.05) is 18.2 Å². The van der Waals surface area contributed by atoms with Gasteiger partial charge in [0.1, 0.15) is 0 Å². The van der Waals surface area contributed by atoms with E-state index in [1.54, 1.807) is 6.20 Å². The van der Waals surface area contributed by atoms with Gasteiger partial charge in [0, 0.05) is 6.20 Å². The van der Waals surface area contributed by atoms with Crippen molar-refractivity contribution in [1.29, 1.82) is 0 Å². The maximum absolute atomic E-state index is 4.67. The minimum atomic E-state index is 0.883. The monoisotopic (exact) mass is 421 g/mol. The van der Waals surface area contributed by atoms with Gasteiger partial charge in [0.2, 0.25) is 0 Å². The first kappa shape index (κ1) is 14.1. The number of pyridine rings is 1. The number of hydrogen-bond acceptors (Lipinski definition) is 1. The van der Waals surface area contributed by atoms with E-state index < -0.39 is 0 Å². The third kappa shape index (κ3) is 4.42. The van der Waals surface area contributed by atoms with Crippen LogP contribution in [0.1, 0.15) is 5.56 Å². The van der Waals surface area contributed by atoms with Gasteiger partial charge < -0.3 is 4.98 Å². The van der Waals surface area contributed by atoms with Crippen LogP contribution in [0.3, 0.4) is 0 Å². The number of rotatable bonds is 3. The summed E-state index contributed by atoms with van der Waals surface area (Å²) >= 11 is 1.33. The van der Waals surface area contributed by atoms with E-state index in [0.717, 1.165) is 17.7 Å². The first-order chi connectivity index (χ1) is 8.40. The fraction of sp³-hybridized carbons (Fsp3) is 0.0714.